The lowest BCUT2D eigenvalue weighted by Gasteiger charge is -2.13. The molecule has 1 aromatic carbocycles. The van der Waals surface area contributed by atoms with Crippen LogP contribution in [0, 0.1) is 20.8 Å². The van der Waals surface area contributed by atoms with Crippen molar-refractivity contribution in [2.75, 3.05) is 0 Å². The number of rotatable bonds is 2. The van der Waals surface area contributed by atoms with Gasteiger partial charge in [0.2, 0.25) is 0 Å². The molecule has 0 amide bonds. The highest BCUT2D eigenvalue weighted by Crippen LogP contribution is 2.31. The van der Waals surface area contributed by atoms with Crippen LogP contribution in [-0.2, 0) is 0 Å². The van der Waals surface area contributed by atoms with Crippen LogP contribution < -0.4 is 0 Å². The molecular formula is C14H13BrClNO. The SMILES string of the molecule is Cc1cc(Br)c(-n2c(C)cc(C=O)c2C)cc1Cl. The average molecular weight is 327 g/mol. The summed E-state index contributed by atoms with van der Waals surface area (Å²) >= 11 is 9.73. The van der Waals surface area contributed by atoms with Crippen molar-refractivity contribution in [3.8, 4) is 5.69 Å². The molecule has 1 aromatic heterocycles. The minimum Gasteiger partial charge on any atom is -0.317 e. The number of benzene rings is 1. The van der Waals surface area contributed by atoms with Crippen LogP contribution in [0.4, 0.5) is 0 Å². The minimum atomic E-state index is 0.705. The van der Waals surface area contributed by atoms with E-state index < -0.39 is 0 Å². The van der Waals surface area contributed by atoms with E-state index >= 15 is 0 Å². The van der Waals surface area contributed by atoms with Gasteiger partial charge in [0, 0.05) is 26.4 Å². The molecule has 2 aromatic rings. The van der Waals surface area contributed by atoms with E-state index in [0.29, 0.717) is 10.6 Å². The molecule has 0 radical (unpaired) electrons. The number of carbonyl (C=O) groups is 1. The van der Waals surface area contributed by atoms with Crippen molar-refractivity contribution in [1.29, 1.82) is 0 Å². The summed E-state index contributed by atoms with van der Waals surface area (Å²) in [4.78, 5) is 11.0. The zero-order valence-electron chi connectivity index (χ0n) is 10.4. The molecule has 0 aliphatic rings. The lowest BCUT2D eigenvalue weighted by atomic mass is 10.2. The summed E-state index contributed by atoms with van der Waals surface area (Å²) in [5, 5.41) is 0.716. The molecule has 0 spiro atoms. The number of carbonyl (C=O) groups excluding carboxylic acids is 1. The lowest BCUT2D eigenvalue weighted by molar-refractivity contribution is 0.112. The van der Waals surface area contributed by atoms with Gasteiger partial charge in [-0.05, 0) is 60.5 Å². The summed E-state index contributed by atoms with van der Waals surface area (Å²) in [6.45, 7) is 5.86. The molecule has 18 heavy (non-hydrogen) atoms. The van der Waals surface area contributed by atoms with Gasteiger partial charge in [-0.2, -0.15) is 0 Å². The Morgan fingerprint density at radius 2 is 1.89 bits per heavy atom. The van der Waals surface area contributed by atoms with E-state index in [-0.39, 0.29) is 0 Å². The Labute approximate surface area is 120 Å². The summed E-state index contributed by atoms with van der Waals surface area (Å²) in [6, 6.07) is 5.77. The van der Waals surface area contributed by atoms with Crippen molar-refractivity contribution in [1.82, 2.24) is 4.57 Å². The molecule has 0 saturated carbocycles. The zero-order valence-corrected chi connectivity index (χ0v) is 12.8. The van der Waals surface area contributed by atoms with Gasteiger partial charge in [-0.15, -0.1) is 0 Å². The fourth-order valence-corrected chi connectivity index (χ4v) is 2.88. The van der Waals surface area contributed by atoms with E-state index in [4.69, 9.17) is 11.6 Å². The van der Waals surface area contributed by atoms with Gasteiger partial charge >= 0.3 is 0 Å². The summed E-state index contributed by atoms with van der Waals surface area (Å²) < 4.78 is 2.99. The van der Waals surface area contributed by atoms with Crippen LogP contribution in [0.25, 0.3) is 5.69 Å². The van der Waals surface area contributed by atoms with E-state index in [0.717, 1.165) is 33.4 Å². The van der Waals surface area contributed by atoms with Gasteiger partial charge < -0.3 is 4.57 Å². The fraction of sp³-hybridized carbons (Fsp3) is 0.214. The first-order valence-electron chi connectivity index (χ1n) is 5.56. The Hall–Kier alpha value is -1.06. The predicted molar refractivity (Wildman–Crippen MR) is 78.1 cm³/mol. The van der Waals surface area contributed by atoms with Crippen LogP contribution in [0.15, 0.2) is 22.7 Å². The average Bonchev–Trinajstić information content (AvgIpc) is 2.59. The van der Waals surface area contributed by atoms with E-state index in [2.05, 4.69) is 15.9 Å². The van der Waals surface area contributed by atoms with Gasteiger partial charge in [-0.3, -0.25) is 4.79 Å². The quantitative estimate of drug-likeness (QED) is 0.737. The van der Waals surface area contributed by atoms with Crippen LogP contribution in [0.2, 0.25) is 5.02 Å². The lowest BCUT2D eigenvalue weighted by Crippen LogP contribution is -2.01. The van der Waals surface area contributed by atoms with Gasteiger partial charge in [0.25, 0.3) is 0 Å². The van der Waals surface area contributed by atoms with Crippen LogP contribution in [-0.4, -0.2) is 10.9 Å². The van der Waals surface area contributed by atoms with E-state index in [9.17, 15) is 4.79 Å². The summed E-state index contributed by atoms with van der Waals surface area (Å²) in [5.41, 5.74) is 4.61. The molecule has 0 N–H and O–H groups in total. The van der Waals surface area contributed by atoms with Gasteiger partial charge in [0.05, 0.1) is 5.69 Å². The molecule has 0 aliphatic heterocycles. The van der Waals surface area contributed by atoms with Crippen molar-refractivity contribution in [2.45, 2.75) is 20.8 Å². The normalized spacial score (nSPS) is 10.7. The third kappa shape index (κ3) is 2.13. The van der Waals surface area contributed by atoms with Gasteiger partial charge in [0.15, 0.2) is 6.29 Å². The van der Waals surface area contributed by atoms with Crippen LogP contribution in [0.1, 0.15) is 27.3 Å². The second-order valence-corrected chi connectivity index (χ2v) is 5.59. The monoisotopic (exact) mass is 325 g/mol. The maximum Gasteiger partial charge on any atom is 0.151 e. The second-order valence-electron chi connectivity index (χ2n) is 4.33. The Morgan fingerprint density at radius 1 is 1.22 bits per heavy atom. The Morgan fingerprint density at radius 3 is 2.44 bits per heavy atom. The van der Waals surface area contributed by atoms with Gasteiger partial charge in [-0.1, -0.05) is 11.6 Å². The molecule has 0 unspecified atom stereocenters. The number of aldehydes is 1. The van der Waals surface area contributed by atoms with Gasteiger partial charge in [-0.25, -0.2) is 0 Å². The smallest absolute Gasteiger partial charge is 0.151 e. The Kier molecular flexibility index (Phi) is 3.64. The number of aromatic nitrogens is 1. The second kappa shape index (κ2) is 4.90. The molecular weight excluding hydrogens is 314 g/mol. The maximum absolute atomic E-state index is 11.0. The highest BCUT2D eigenvalue weighted by atomic mass is 79.9. The van der Waals surface area contributed by atoms with Crippen molar-refractivity contribution in [3.63, 3.8) is 0 Å². The van der Waals surface area contributed by atoms with Gasteiger partial charge in [0.1, 0.15) is 0 Å². The number of hydrogen-bond acceptors (Lipinski definition) is 1. The Bertz CT molecular complexity index is 631. The highest BCUT2D eigenvalue weighted by molar-refractivity contribution is 9.10. The first kappa shape index (κ1) is 13.4. The largest absolute Gasteiger partial charge is 0.317 e. The number of hydrogen-bond donors (Lipinski definition) is 0. The topological polar surface area (TPSA) is 22.0 Å². The molecule has 0 fully saturated rings. The molecule has 0 aliphatic carbocycles. The van der Waals surface area contributed by atoms with Crippen molar-refractivity contribution >= 4 is 33.8 Å². The summed E-state index contributed by atoms with van der Waals surface area (Å²) in [7, 11) is 0. The van der Waals surface area contributed by atoms with Crippen LogP contribution in [0.5, 0.6) is 0 Å². The first-order valence-corrected chi connectivity index (χ1v) is 6.73. The molecule has 1 heterocycles. The van der Waals surface area contributed by atoms with Crippen molar-refractivity contribution < 1.29 is 4.79 Å². The molecule has 4 heteroatoms. The number of halogens is 2. The van der Waals surface area contributed by atoms with Crippen molar-refractivity contribution in [2.24, 2.45) is 0 Å². The third-order valence-electron chi connectivity index (χ3n) is 3.07. The van der Waals surface area contributed by atoms with E-state index in [1.54, 1.807) is 0 Å². The fourth-order valence-electron chi connectivity index (χ4n) is 2.08. The molecule has 94 valence electrons. The standard InChI is InChI=1S/C14H13BrClNO/c1-8-4-12(15)14(6-13(8)16)17-9(2)5-11(7-18)10(17)3/h4-7H,1-3H3. The van der Waals surface area contributed by atoms with Crippen LogP contribution >= 0.6 is 27.5 Å². The van der Waals surface area contributed by atoms with E-state index in [1.807, 2.05) is 43.5 Å². The third-order valence-corrected chi connectivity index (χ3v) is 4.11. The van der Waals surface area contributed by atoms with Crippen LogP contribution in [0.3, 0.4) is 0 Å². The number of nitrogens with zero attached hydrogens (tertiary/aromatic N) is 1. The summed E-state index contributed by atoms with van der Waals surface area (Å²) in [5.74, 6) is 0. The molecule has 2 rings (SSSR count). The highest BCUT2D eigenvalue weighted by Gasteiger charge is 2.13. The number of aryl methyl sites for hydroxylation is 2. The molecule has 0 atom stereocenters. The maximum atomic E-state index is 11.0. The predicted octanol–water partition coefficient (Wildman–Crippen LogP) is 4.63. The minimum absolute atomic E-state index is 0.705. The van der Waals surface area contributed by atoms with E-state index in [1.165, 1.54) is 0 Å². The van der Waals surface area contributed by atoms with Crippen molar-refractivity contribution in [3.05, 3.63) is 50.2 Å². The Balaban J connectivity index is 2.73. The molecule has 0 saturated heterocycles. The molecule has 2 nitrogen and oxygen atoms in total. The first-order chi connectivity index (χ1) is 8.45. The molecule has 0 bridgehead atoms. The summed E-state index contributed by atoms with van der Waals surface area (Å²) in [6.07, 6.45) is 0.878. The zero-order chi connectivity index (χ0) is 13.4.